The van der Waals surface area contributed by atoms with Crippen LogP contribution in [0.2, 0.25) is 0 Å². The summed E-state index contributed by atoms with van der Waals surface area (Å²) in [5, 5.41) is 0.455. The van der Waals surface area contributed by atoms with Crippen molar-refractivity contribution in [2.45, 2.75) is 0 Å². The molecule has 0 aliphatic rings. The molecule has 0 N–H and O–H groups in total. The SMILES string of the molecule is O=c1c2nc3ccccc3c(=O)n2c2ccc(N(c3ccc(-c4ccccc4)cc3)c3ccc(-c4ccccc4)cc3)cc2n1-c1ccccc1. The fourth-order valence-corrected chi connectivity index (χ4v) is 6.88. The van der Waals surface area contributed by atoms with Crippen LogP contribution in [0.4, 0.5) is 17.1 Å². The molecule has 2 heterocycles. The molecule has 0 aliphatic carbocycles. The quantitative estimate of drug-likeness (QED) is 0.132. The van der Waals surface area contributed by atoms with Crippen LogP contribution in [0.1, 0.15) is 0 Å². The van der Waals surface area contributed by atoms with Gasteiger partial charge >= 0.3 is 0 Å². The number of fused-ring (bicyclic) bond motifs is 4. The lowest BCUT2D eigenvalue weighted by Gasteiger charge is -2.27. The lowest BCUT2D eigenvalue weighted by atomic mass is 10.0. The summed E-state index contributed by atoms with van der Waals surface area (Å²) in [5.41, 5.74) is 8.97. The molecule has 2 aromatic heterocycles. The van der Waals surface area contributed by atoms with E-state index in [1.54, 1.807) is 16.7 Å². The fourth-order valence-electron chi connectivity index (χ4n) is 6.88. The molecule has 7 aromatic carbocycles. The predicted molar refractivity (Wildman–Crippen MR) is 208 cm³/mol. The van der Waals surface area contributed by atoms with Crippen molar-refractivity contribution < 1.29 is 0 Å². The van der Waals surface area contributed by atoms with Crippen molar-refractivity contribution in [1.29, 1.82) is 0 Å². The van der Waals surface area contributed by atoms with Gasteiger partial charge in [-0.05, 0) is 89.0 Å². The van der Waals surface area contributed by atoms with E-state index in [1.807, 2.05) is 97.1 Å². The first kappa shape index (κ1) is 30.0. The van der Waals surface area contributed by atoms with E-state index in [2.05, 4.69) is 77.7 Å². The standard InChI is InChI=1S/C45H30N4O2/c50-44-39-18-10-11-19-40(39)46-43-45(51)48(35-16-8-3-9-17-35)42-30-38(28-29-41(42)49(43)44)47(36-24-20-33(21-25-36)31-12-4-1-5-13-31)37-26-22-34(23-27-37)32-14-6-2-7-15-32/h1-30H. The van der Waals surface area contributed by atoms with E-state index in [1.165, 1.54) is 4.40 Å². The van der Waals surface area contributed by atoms with Crippen LogP contribution in [0.3, 0.4) is 0 Å². The first-order chi connectivity index (χ1) is 25.1. The van der Waals surface area contributed by atoms with Crippen LogP contribution in [0, 0.1) is 0 Å². The fraction of sp³-hybridized carbons (Fsp3) is 0. The topological polar surface area (TPSA) is 59.6 Å². The Kier molecular flexibility index (Phi) is 7.33. The van der Waals surface area contributed by atoms with Crippen molar-refractivity contribution in [3.05, 3.63) is 203 Å². The Hall–Kier alpha value is -7.05. The van der Waals surface area contributed by atoms with Gasteiger partial charge in [0.15, 0.2) is 0 Å². The van der Waals surface area contributed by atoms with Crippen LogP contribution in [0.15, 0.2) is 192 Å². The van der Waals surface area contributed by atoms with Gasteiger partial charge in [-0.3, -0.25) is 18.6 Å². The van der Waals surface area contributed by atoms with Gasteiger partial charge in [-0.15, -0.1) is 0 Å². The normalized spacial score (nSPS) is 11.3. The minimum atomic E-state index is -0.375. The molecule has 0 aliphatic heterocycles. The molecule has 0 saturated carbocycles. The lowest BCUT2D eigenvalue weighted by molar-refractivity contribution is 0.987. The zero-order valence-electron chi connectivity index (χ0n) is 27.4. The van der Waals surface area contributed by atoms with Crippen molar-refractivity contribution in [2.75, 3.05) is 4.90 Å². The van der Waals surface area contributed by atoms with E-state index < -0.39 is 0 Å². The van der Waals surface area contributed by atoms with Gasteiger partial charge < -0.3 is 4.90 Å². The minimum Gasteiger partial charge on any atom is -0.310 e. The molecular formula is C45H30N4O2. The highest BCUT2D eigenvalue weighted by Gasteiger charge is 2.20. The Labute approximate surface area is 293 Å². The Bertz CT molecular complexity index is 2730. The van der Waals surface area contributed by atoms with E-state index >= 15 is 0 Å². The van der Waals surface area contributed by atoms with Crippen molar-refractivity contribution in [3.63, 3.8) is 0 Å². The van der Waals surface area contributed by atoms with E-state index in [0.717, 1.165) is 39.3 Å². The summed E-state index contributed by atoms with van der Waals surface area (Å²) in [6.45, 7) is 0. The van der Waals surface area contributed by atoms with Gasteiger partial charge in [0.1, 0.15) is 0 Å². The average Bonchev–Trinajstić information content (AvgIpc) is 3.20. The summed E-state index contributed by atoms with van der Waals surface area (Å²) in [6.07, 6.45) is 0. The maximum Gasteiger partial charge on any atom is 0.299 e. The van der Waals surface area contributed by atoms with Gasteiger partial charge in [0.05, 0.1) is 21.9 Å². The number of para-hydroxylation sites is 2. The number of hydrogen-bond acceptors (Lipinski definition) is 4. The van der Waals surface area contributed by atoms with Crippen molar-refractivity contribution in [1.82, 2.24) is 14.0 Å². The molecule has 0 saturated heterocycles. The van der Waals surface area contributed by atoms with E-state index in [9.17, 15) is 9.59 Å². The van der Waals surface area contributed by atoms with Gasteiger partial charge in [0.25, 0.3) is 11.1 Å². The second-order valence-corrected chi connectivity index (χ2v) is 12.4. The van der Waals surface area contributed by atoms with Crippen molar-refractivity contribution in [2.24, 2.45) is 0 Å². The van der Waals surface area contributed by atoms with Crippen LogP contribution in [-0.2, 0) is 0 Å². The number of rotatable bonds is 6. The average molecular weight is 659 g/mol. The van der Waals surface area contributed by atoms with Crippen LogP contribution < -0.4 is 16.0 Å². The Morgan fingerprint density at radius 1 is 0.431 bits per heavy atom. The monoisotopic (exact) mass is 658 g/mol. The van der Waals surface area contributed by atoms with Crippen LogP contribution >= 0.6 is 0 Å². The maximum atomic E-state index is 14.4. The second kappa shape index (κ2) is 12.4. The first-order valence-electron chi connectivity index (χ1n) is 16.8. The summed E-state index contributed by atoms with van der Waals surface area (Å²) >= 11 is 0. The summed E-state index contributed by atoms with van der Waals surface area (Å²) in [7, 11) is 0. The van der Waals surface area contributed by atoms with Gasteiger partial charge in [-0.25, -0.2) is 4.98 Å². The summed E-state index contributed by atoms with van der Waals surface area (Å²) in [6, 6.07) is 60.1. The molecule has 6 heteroatoms. The van der Waals surface area contributed by atoms with E-state index in [-0.39, 0.29) is 16.8 Å². The summed E-state index contributed by atoms with van der Waals surface area (Å²) < 4.78 is 3.11. The maximum absolute atomic E-state index is 14.4. The molecule has 0 spiro atoms. The number of nitrogens with zero attached hydrogens (tertiary/aromatic N) is 4. The third kappa shape index (κ3) is 5.27. The van der Waals surface area contributed by atoms with Crippen molar-refractivity contribution >= 4 is 44.6 Å². The number of hydrogen-bond donors (Lipinski definition) is 0. The summed E-state index contributed by atoms with van der Waals surface area (Å²) in [5.74, 6) is 0. The molecule has 242 valence electrons. The lowest BCUT2D eigenvalue weighted by Crippen LogP contribution is -2.28. The van der Waals surface area contributed by atoms with E-state index in [0.29, 0.717) is 27.6 Å². The molecule has 51 heavy (non-hydrogen) atoms. The predicted octanol–water partition coefficient (Wildman–Crippen LogP) is 9.96. The van der Waals surface area contributed by atoms with Crippen LogP contribution in [0.5, 0.6) is 0 Å². The third-order valence-electron chi connectivity index (χ3n) is 9.35. The molecule has 0 amide bonds. The number of anilines is 3. The first-order valence-corrected chi connectivity index (χ1v) is 16.8. The molecule has 0 bridgehead atoms. The minimum absolute atomic E-state index is 0.0765. The molecule has 0 atom stereocenters. The van der Waals surface area contributed by atoms with Crippen LogP contribution in [0.25, 0.3) is 55.5 Å². The van der Waals surface area contributed by atoms with E-state index in [4.69, 9.17) is 4.98 Å². The molecule has 0 radical (unpaired) electrons. The zero-order valence-corrected chi connectivity index (χ0v) is 27.4. The largest absolute Gasteiger partial charge is 0.310 e. The highest BCUT2D eigenvalue weighted by molar-refractivity contribution is 5.90. The number of aromatic nitrogens is 3. The highest BCUT2D eigenvalue weighted by Crippen LogP contribution is 2.38. The van der Waals surface area contributed by atoms with Gasteiger partial charge in [0, 0.05) is 22.7 Å². The second-order valence-electron chi connectivity index (χ2n) is 12.4. The molecule has 0 unspecified atom stereocenters. The van der Waals surface area contributed by atoms with Crippen LogP contribution in [-0.4, -0.2) is 14.0 Å². The third-order valence-corrected chi connectivity index (χ3v) is 9.35. The van der Waals surface area contributed by atoms with Crippen molar-refractivity contribution in [3.8, 4) is 27.9 Å². The Morgan fingerprint density at radius 3 is 1.51 bits per heavy atom. The highest BCUT2D eigenvalue weighted by atomic mass is 16.1. The Morgan fingerprint density at radius 2 is 0.922 bits per heavy atom. The zero-order chi connectivity index (χ0) is 34.3. The molecule has 9 aromatic rings. The Balaban J connectivity index is 1.29. The summed E-state index contributed by atoms with van der Waals surface area (Å²) in [4.78, 5) is 35.3. The molecular weight excluding hydrogens is 629 g/mol. The van der Waals surface area contributed by atoms with Gasteiger partial charge in [-0.1, -0.05) is 115 Å². The molecule has 6 nitrogen and oxygen atoms in total. The molecule has 9 rings (SSSR count). The van der Waals surface area contributed by atoms with Gasteiger partial charge in [-0.2, -0.15) is 0 Å². The van der Waals surface area contributed by atoms with Gasteiger partial charge in [0.2, 0.25) is 5.65 Å². The molecule has 0 fully saturated rings. The number of benzene rings is 7. The smallest absolute Gasteiger partial charge is 0.299 e.